The van der Waals surface area contributed by atoms with Crippen LogP contribution in [0.25, 0.3) is 0 Å². The minimum atomic E-state index is 0.597. The fourth-order valence-electron chi connectivity index (χ4n) is 2.51. The summed E-state index contributed by atoms with van der Waals surface area (Å²) >= 11 is 0. The van der Waals surface area contributed by atoms with E-state index >= 15 is 0 Å². The Morgan fingerprint density at radius 3 is 2.52 bits per heavy atom. The maximum atomic E-state index is 5.67. The van der Waals surface area contributed by atoms with Crippen LogP contribution in [-0.4, -0.2) is 39.9 Å². The molecule has 6 heteroatoms. The highest BCUT2D eigenvalue weighted by atomic mass is 16.5. The van der Waals surface area contributed by atoms with E-state index in [-0.39, 0.29) is 0 Å². The Labute approximate surface area is 161 Å². The van der Waals surface area contributed by atoms with Crippen LogP contribution >= 0.6 is 0 Å². The van der Waals surface area contributed by atoms with Crippen LogP contribution in [-0.2, 0) is 17.9 Å². The average Bonchev–Trinajstić information content (AvgIpc) is 2.71. The lowest BCUT2D eigenvalue weighted by Gasteiger charge is -2.14. The van der Waals surface area contributed by atoms with Gasteiger partial charge in [-0.1, -0.05) is 36.4 Å². The third-order valence-corrected chi connectivity index (χ3v) is 3.86. The van der Waals surface area contributed by atoms with Gasteiger partial charge in [0.15, 0.2) is 17.5 Å². The van der Waals surface area contributed by atoms with E-state index in [4.69, 9.17) is 14.2 Å². The van der Waals surface area contributed by atoms with E-state index in [0.29, 0.717) is 32.9 Å². The minimum Gasteiger partial charge on any atom is -0.493 e. The number of rotatable bonds is 10. The molecule has 0 bridgehead atoms. The molecule has 6 nitrogen and oxygen atoms in total. The third kappa shape index (κ3) is 7.19. The van der Waals surface area contributed by atoms with E-state index in [1.54, 1.807) is 14.2 Å². The number of nitrogens with one attached hydrogen (secondary N) is 2. The van der Waals surface area contributed by atoms with Crippen molar-refractivity contribution in [3.8, 4) is 11.5 Å². The summed E-state index contributed by atoms with van der Waals surface area (Å²) in [6.07, 6.45) is 0. The van der Waals surface area contributed by atoms with Crippen molar-refractivity contribution in [3.63, 3.8) is 0 Å². The molecular weight excluding hydrogens is 342 g/mol. The standard InChI is InChI=1S/C21H29N3O3/c1-4-27-20-14-18(10-11-19(20)25-3)15-24-21(22-2)23-12-13-26-16-17-8-6-5-7-9-17/h5-11,14H,4,12-13,15-16H2,1-3H3,(H2,22,23,24). The van der Waals surface area contributed by atoms with Crippen LogP contribution in [0, 0.1) is 0 Å². The molecular formula is C21H29N3O3. The monoisotopic (exact) mass is 371 g/mol. The van der Waals surface area contributed by atoms with Crippen molar-refractivity contribution in [2.75, 3.05) is 33.9 Å². The lowest BCUT2D eigenvalue weighted by atomic mass is 10.2. The summed E-state index contributed by atoms with van der Waals surface area (Å²) in [6.45, 7) is 5.08. The second-order valence-electron chi connectivity index (χ2n) is 5.81. The summed E-state index contributed by atoms with van der Waals surface area (Å²) < 4.78 is 16.6. The lowest BCUT2D eigenvalue weighted by molar-refractivity contribution is 0.125. The van der Waals surface area contributed by atoms with E-state index < -0.39 is 0 Å². The summed E-state index contributed by atoms with van der Waals surface area (Å²) in [5, 5.41) is 6.53. The summed E-state index contributed by atoms with van der Waals surface area (Å²) in [4.78, 5) is 4.23. The zero-order chi connectivity index (χ0) is 19.3. The molecule has 0 saturated heterocycles. The molecule has 0 spiro atoms. The minimum absolute atomic E-state index is 0.597. The molecule has 0 saturated carbocycles. The fourth-order valence-corrected chi connectivity index (χ4v) is 2.51. The number of hydrogen-bond acceptors (Lipinski definition) is 4. The molecule has 0 unspecified atom stereocenters. The SMILES string of the molecule is CCOc1cc(CNC(=NC)NCCOCc2ccccc2)ccc1OC. The fraction of sp³-hybridized carbons (Fsp3) is 0.381. The Balaban J connectivity index is 1.73. The van der Waals surface area contributed by atoms with Gasteiger partial charge >= 0.3 is 0 Å². The Morgan fingerprint density at radius 2 is 1.81 bits per heavy atom. The van der Waals surface area contributed by atoms with Crippen LogP contribution in [0.5, 0.6) is 11.5 Å². The van der Waals surface area contributed by atoms with Gasteiger partial charge in [-0.05, 0) is 30.2 Å². The summed E-state index contributed by atoms with van der Waals surface area (Å²) in [5.74, 6) is 2.21. The maximum Gasteiger partial charge on any atom is 0.191 e. The van der Waals surface area contributed by atoms with Gasteiger partial charge in [0.25, 0.3) is 0 Å². The van der Waals surface area contributed by atoms with E-state index in [1.807, 2.05) is 43.3 Å². The lowest BCUT2D eigenvalue weighted by Crippen LogP contribution is -2.38. The van der Waals surface area contributed by atoms with Crippen molar-refractivity contribution in [1.29, 1.82) is 0 Å². The highest BCUT2D eigenvalue weighted by Crippen LogP contribution is 2.27. The zero-order valence-corrected chi connectivity index (χ0v) is 16.3. The van der Waals surface area contributed by atoms with Gasteiger partial charge in [0.05, 0.1) is 26.9 Å². The Hall–Kier alpha value is -2.73. The predicted octanol–water partition coefficient (Wildman–Crippen LogP) is 2.98. The molecule has 0 radical (unpaired) electrons. The molecule has 0 fully saturated rings. The molecule has 2 aromatic carbocycles. The normalized spacial score (nSPS) is 11.1. The molecule has 0 amide bonds. The molecule has 0 aromatic heterocycles. The second kappa shape index (κ2) is 11.8. The van der Waals surface area contributed by atoms with Crippen LogP contribution in [0.4, 0.5) is 0 Å². The third-order valence-electron chi connectivity index (χ3n) is 3.86. The maximum absolute atomic E-state index is 5.67. The van der Waals surface area contributed by atoms with Crippen LogP contribution < -0.4 is 20.1 Å². The first kappa shape index (κ1) is 20.6. The average molecular weight is 371 g/mol. The van der Waals surface area contributed by atoms with Gasteiger partial charge in [-0.25, -0.2) is 0 Å². The van der Waals surface area contributed by atoms with Gasteiger partial charge in [-0.2, -0.15) is 0 Å². The van der Waals surface area contributed by atoms with Crippen molar-refractivity contribution in [2.24, 2.45) is 4.99 Å². The molecule has 2 N–H and O–H groups in total. The quantitative estimate of drug-likeness (QED) is 0.382. The second-order valence-corrected chi connectivity index (χ2v) is 5.81. The smallest absolute Gasteiger partial charge is 0.191 e. The number of hydrogen-bond donors (Lipinski definition) is 2. The van der Waals surface area contributed by atoms with E-state index in [1.165, 1.54) is 5.56 Å². The van der Waals surface area contributed by atoms with E-state index in [2.05, 4.69) is 27.8 Å². The topological polar surface area (TPSA) is 64.1 Å². The first-order chi connectivity index (χ1) is 13.3. The van der Waals surface area contributed by atoms with Crippen molar-refractivity contribution >= 4 is 5.96 Å². The summed E-state index contributed by atoms with van der Waals surface area (Å²) in [5.41, 5.74) is 2.26. The van der Waals surface area contributed by atoms with Gasteiger partial charge in [0.1, 0.15) is 0 Å². The summed E-state index contributed by atoms with van der Waals surface area (Å²) in [6, 6.07) is 16.0. The van der Waals surface area contributed by atoms with E-state index in [9.17, 15) is 0 Å². The molecule has 2 rings (SSSR count). The molecule has 2 aromatic rings. The Morgan fingerprint density at radius 1 is 1.00 bits per heavy atom. The van der Waals surface area contributed by atoms with Crippen LogP contribution in [0.3, 0.4) is 0 Å². The first-order valence-electron chi connectivity index (χ1n) is 9.12. The highest BCUT2D eigenvalue weighted by molar-refractivity contribution is 5.79. The molecule has 27 heavy (non-hydrogen) atoms. The van der Waals surface area contributed by atoms with Crippen molar-refractivity contribution in [3.05, 3.63) is 59.7 Å². The Bertz CT molecular complexity index is 705. The highest BCUT2D eigenvalue weighted by Gasteiger charge is 2.06. The largest absolute Gasteiger partial charge is 0.493 e. The predicted molar refractivity (Wildman–Crippen MR) is 108 cm³/mol. The van der Waals surface area contributed by atoms with Crippen LogP contribution in [0.1, 0.15) is 18.1 Å². The molecule has 0 heterocycles. The number of ether oxygens (including phenoxy) is 3. The number of nitrogens with zero attached hydrogens (tertiary/aromatic N) is 1. The van der Waals surface area contributed by atoms with Gasteiger partial charge in [0.2, 0.25) is 0 Å². The molecule has 0 aliphatic carbocycles. The van der Waals surface area contributed by atoms with Crippen LogP contribution in [0.2, 0.25) is 0 Å². The van der Waals surface area contributed by atoms with Gasteiger partial charge in [-0.3, -0.25) is 4.99 Å². The van der Waals surface area contributed by atoms with Gasteiger partial charge < -0.3 is 24.8 Å². The molecule has 0 aliphatic rings. The number of benzene rings is 2. The number of aliphatic imine (C=N–C) groups is 1. The van der Waals surface area contributed by atoms with Crippen LogP contribution in [0.15, 0.2) is 53.5 Å². The van der Waals surface area contributed by atoms with Gasteiger partial charge in [-0.15, -0.1) is 0 Å². The first-order valence-corrected chi connectivity index (χ1v) is 9.12. The summed E-state index contributed by atoms with van der Waals surface area (Å²) in [7, 11) is 3.39. The molecule has 0 atom stereocenters. The molecule has 146 valence electrons. The Kier molecular flexibility index (Phi) is 9.00. The van der Waals surface area contributed by atoms with Crippen molar-refractivity contribution in [1.82, 2.24) is 10.6 Å². The number of guanidine groups is 1. The van der Waals surface area contributed by atoms with Crippen molar-refractivity contribution in [2.45, 2.75) is 20.1 Å². The number of methoxy groups -OCH3 is 1. The van der Waals surface area contributed by atoms with Gasteiger partial charge in [0, 0.05) is 20.1 Å². The van der Waals surface area contributed by atoms with E-state index in [0.717, 1.165) is 23.0 Å². The van der Waals surface area contributed by atoms with Crippen molar-refractivity contribution < 1.29 is 14.2 Å². The molecule has 0 aliphatic heterocycles. The zero-order valence-electron chi connectivity index (χ0n) is 16.3.